The summed E-state index contributed by atoms with van der Waals surface area (Å²) in [5.41, 5.74) is 4.57. The van der Waals surface area contributed by atoms with Crippen LogP contribution in [0.3, 0.4) is 0 Å². The monoisotopic (exact) mass is 393 g/mol. The van der Waals surface area contributed by atoms with E-state index in [1.807, 2.05) is 42.6 Å². The van der Waals surface area contributed by atoms with Crippen molar-refractivity contribution in [1.82, 2.24) is 15.0 Å². The van der Waals surface area contributed by atoms with Gasteiger partial charge in [-0.3, -0.25) is 4.98 Å². The SMILES string of the molecule is [H-].[Rb+].c1ccc2nc(-c3ccc4ccc5cccnc5c4n3)ccc2c1. The molecule has 0 aliphatic rings. The Labute approximate surface area is 195 Å². The third-order valence-corrected chi connectivity index (χ3v) is 4.29. The van der Waals surface area contributed by atoms with E-state index in [9.17, 15) is 0 Å². The first-order valence-electron chi connectivity index (χ1n) is 7.89. The number of nitrogens with zero attached hydrogens (tertiary/aromatic N) is 3. The van der Waals surface area contributed by atoms with Gasteiger partial charge in [0.25, 0.3) is 0 Å². The fraction of sp³-hybridized carbons (Fsp3) is 0. The molecule has 0 bridgehead atoms. The second-order valence-electron chi connectivity index (χ2n) is 5.80. The Morgan fingerprint density at radius 2 is 1.20 bits per heavy atom. The first-order valence-corrected chi connectivity index (χ1v) is 7.89. The standard InChI is InChI=1S/C21H13N3.Rb.H/c1-2-6-17-14(4-1)9-11-18(23-17)19-12-10-16-8-7-15-5-3-13-22-20(15)21(16)24-19;;/h1-13H;;/q;+1;-1. The van der Waals surface area contributed by atoms with Crippen LogP contribution < -0.4 is 58.2 Å². The molecular weight excluding hydrogens is 380 g/mol. The molecule has 2 aromatic carbocycles. The minimum Gasteiger partial charge on any atom is -1.00 e. The van der Waals surface area contributed by atoms with Crippen LogP contribution in [0.4, 0.5) is 0 Å². The third-order valence-electron chi connectivity index (χ3n) is 4.29. The quantitative estimate of drug-likeness (QED) is 0.409. The van der Waals surface area contributed by atoms with Crippen LogP contribution in [0.2, 0.25) is 0 Å². The average molecular weight is 394 g/mol. The molecule has 3 heterocycles. The summed E-state index contributed by atoms with van der Waals surface area (Å²) in [5.74, 6) is 0. The van der Waals surface area contributed by atoms with Crippen LogP contribution in [0.15, 0.2) is 79.0 Å². The maximum absolute atomic E-state index is 4.86. The maximum Gasteiger partial charge on any atom is 1.00 e. The van der Waals surface area contributed by atoms with Crippen molar-refractivity contribution in [2.24, 2.45) is 0 Å². The predicted octanol–water partition coefficient (Wildman–Crippen LogP) is 2.11. The minimum atomic E-state index is 0. The molecule has 114 valence electrons. The van der Waals surface area contributed by atoms with Crippen LogP contribution >= 0.6 is 0 Å². The molecule has 0 aliphatic heterocycles. The molecule has 0 saturated heterocycles. The Bertz CT molecular complexity index is 1220. The molecular formula is C21H14N3Rb. The molecule has 0 radical (unpaired) electrons. The van der Waals surface area contributed by atoms with Crippen LogP contribution in [-0.2, 0) is 0 Å². The molecule has 25 heavy (non-hydrogen) atoms. The van der Waals surface area contributed by atoms with Crippen molar-refractivity contribution >= 4 is 32.7 Å². The number of hydrogen-bond acceptors (Lipinski definition) is 3. The number of hydrogen-bond donors (Lipinski definition) is 0. The van der Waals surface area contributed by atoms with Gasteiger partial charge < -0.3 is 1.43 Å². The minimum absolute atomic E-state index is 0. The smallest absolute Gasteiger partial charge is 1.00 e. The largest absolute Gasteiger partial charge is 1.00 e. The fourth-order valence-electron chi connectivity index (χ4n) is 3.08. The summed E-state index contributed by atoms with van der Waals surface area (Å²) in [6.07, 6.45) is 1.81. The van der Waals surface area contributed by atoms with Crippen molar-refractivity contribution in [1.29, 1.82) is 0 Å². The van der Waals surface area contributed by atoms with E-state index < -0.39 is 0 Å². The number of pyridine rings is 3. The summed E-state index contributed by atoms with van der Waals surface area (Å²) in [7, 11) is 0. The zero-order valence-corrected chi connectivity index (χ0v) is 18.8. The Morgan fingerprint density at radius 1 is 0.560 bits per heavy atom. The van der Waals surface area contributed by atoms with Crippen molar-refractivity contribution in [3.8, 4) is 11.4 Å². The van der Waals surface area contributed by atoms with Crippen molar-refractivity contribution in [2.75, 3.05) is 0 Å². The molecule has 0 N–H and O–H groups in total. The van der Waals surface area contributed by atoms with Crippen LogP contribution in [-0.4, -0.2) is 15.0 Å². The molecule has 0 spiro atoms. The molecule has 0 saturated carbocycles. The summed E-state index contributed by atoms with van der Waals surface area (Å²) in [4.78, 5) is 14.1. The third kappa shape index (κ3) is 3.06. The van der Waals surface area contributed by atoms with Crippen molar-refractivity contribution in [2.45, 2.75) is 0 Å². The molecule has 5 rings (SSSR count). The molecule has 0 amide bonds. The predicted molar refractivity (Wildman–Crippen MR) is 98.9 cm³/mol. The second-order valence-corrected chi connectivity index (χ2v) is 5.80. The van der Waals surface area contributed by atoms with Gasteiger partial charge in [-0.25, -0.2) is 9.97 Å². The van der Waals surface area contributed by atoms with Crippen molar-refractivity contribution in [3.05, 3.63) is 79.0 Å². The summed E-state index contributed by atoms with van der Waals surface area (Å²) >= 11 is 0. The first-order chi connectivity index (χ1) is 11.9. The Kier molecular flexibility index (Phi) is 4.74. The molecule has 3 aromatic heterocycles. The van der Waals surface area contributed by atoms with Gasteiger partial charge in [-0.2, -0.15) is 0 Å². The molecule has 0 unspecified atom stereocenters. The van der Waals surface area contributed by atoms with E-state index >= 15 is 0 Å². The topological polar surface area (TPSA) is 38.7 Å². The normalized spacial score (nSPS) is 10.9. The van der Waals surface area contributed by atoms with Gasteiger partial charge in [0.05, 0.1) is 27.9 Å². The second kappa shape index (κ2) is 7.00. The van der Waals surface area contributed by atoms with E-state index in [4.69, 9.17) is 9.97 Å². The van der Waals surface area contributed by atoms with Crippen LogP contribution in [0.25, 0.3) is 44.1 Å². The van der Waals surface area contributed by atoms with Gasteiger partial charge in [-0.1, -0.05) is 48.5 Å². The first kappa shape index (κ1) is 16.9. The average Bonchev–Trinajstić information content (AvgIpc) is 2.67. The fourth-order valence-corrected chi connectivity index (χ4v) is 3.08. The van der Waals surface area contributed by atoms with Crippen LogP contribution in [0, 0.1) is 0 Å². The van der Waals surface area contributed by atoms with E-state index in [0.29, 0.717) is 0 Å². The van der Waals surface area contributed by atoms with Gasteiger partial charge in [0.1, 0.15) is 0 Å². The number of benzene rings is 2. The summed E-state index contributed by atoms with van der Waals surface area (Å²) in [6.45, 7) is 0. The van der Waals surface area contributed by atoms with Gasteiger partial charge in [0, 0.05) is 22.4 Å². The number of fused-ring (bicyclic) bond motifs is 4. The molecule has 5 aromatic rings. The Hall–Kier alpha value is -1.52. The zero-order valence-electron chi connectivity index (χ0n) is 14.8. The van der Waals surface area contributed by atoms with Gasteiger partial charge in [-0.05, 0) is 24.3 Å². The Morgan fingerprint density at radius 3 is 2.08 bits per heavy atom. The van der Waals surface area contributed by atoms with Gasteiger partial charge in [0.15, 0.2) is 0 Å². The molecule has 0 atom stereocenters. The van der Waals surface area contributed by atoms with Crippen molar-refractivity contribution < 1.29 is 59.6 Å². The summed E-state index contributed by atoms with van der Waals surface area (Å²) in [6, 6.07) is 24.5. The summed E-state index contributed by atoms with van der Waals surface area (Å²) < 4.78 is 0. The van der Waals surface area contributed by atoms with E-state index in [1.54, 1.807) is 0 Å². The Balaban J connectivity index is 0.000000980. The molecule has 4 heteroatoms. The van der Waals surface area contributed by atoms with Gasteiger partial charge in [0.2, 0.25) is 0 Å². The van der Waals surface area contributed by atoms with Gasteiger partial charge >= 0.3 is 58.2 Å². The van der Waals surface area contributed by atoms with E-state index in [-0.39, 0.29) is 59.6 Å². The number of rotatable bonds is 1. The van der Waals surface area contributed by atoms with Crippen LogP contribution in [0.1, 0.15) is 1.43 Å². The zero-order chi connectivity index (χ0) is 15.9. The molecule has 0 aliphatic carbocycles. The van der Waals surface area contributed by atoms with Crippen LogP contribution in [0.5, 0.6) is 0 Å². The van der Waals surface area contributed by atoms with E-state index in [1.165, 1.54) is 0 Å². The number of aromatic nitrogens is 3. The molecule has 3 nitrogen and oxygen atoms in total. The van der Waals surface area contributed by atoms with Gasteiger partial charge in [-0.15, -0.1) is 0 Å². The molecule has 0 fully saturated rings. The summed E-state index contributed by atoms with van der Waals surface area (Å²) in [5, 5.41) is 3.32. The van der Waals surface area contributed by atoms with Crippen molar-refractivity contribution in [3.63, 3.8) is 0 Å². The number of para-hydroxylation sites is 1. The van der Waals surface area contributed by atoms with E-state index in [2.05, 4.69) is 41.4 Å². The van der Waals surface area contributed by atoms with E-state index in [0.717, 1.165) is 44.1 Å². The maximum atomic E-state index is 4.86.